The lowest BCUT2D eigenvalue weighted by Gasteiger charge is -2.18. The van der Waals surface area contributed by atoms with E-state index in [2.05, 4.69) is 0 Å². The van der Waals surface area contributed by atoms with Crippen LogP contribution in [0.5, 0.6) is 5.75 Å². The van der Waals surface area contributed by atoms with Gasteiger partial charge in [0.25, 0.3) is 11.8 Å². The van der Waals surface area contributed by atoms with Crippen molar-refractivity contribution in [2.75, 3.05) is 11.5 Å². The molecule has 0 N–H and O–H groups in total. The van der Waals surface area contributed by atoms with Gasteiger partial charge in [-0.05, 0) is 31.2 Å². The van der Waals surface area contributed by atoms with Crippen molar-refractivity contribution < 1.29 is 18.7 Å². The Morgan fingerprint density at radius 1 is 1.00 bits per heavy atom. The third kappa shape index (κ3) is 1.98. The van der Waals surface area contributed by atoms with Gasteiger partial charge < -0.3 is 4.74 Å². The Kier molecular flexibility index (Phi) is 3.17. The molecule has 0 aromatic heterocycles. The van der Waals surface area contributed by atoms with Crippen molar-refractivity contribution in [2.45, 2.75) is 6.92 Å². The Morgan fingerprint density at radius 2 is 1.62 bits per heavy atom. The van der Waals surface area contributed by atoms with E-state index < -0.39 is 17.6 Å². The number of amides is 2. The van der Waals surface area contributed by atoms with Crippen LogP contribution in [0.2, 0.25) is 0 Å². The number of benzene rings is 2. The normalized spacial score (nSPS) is 13.5. The fraction of sp³-hybridized carbons (Fsp3) is 0.125. The summed E-state index contributed by atoms with van der Waals surface area (Å²) in [5.41, 5.74) is 0.756. The summed E-state index contributed by atoms with van der Waals surface area (Å²) in [6, 6.07) is 10.7. The summed E-state index contributed by atoms with van der Waals surface area (Å²) < 4.78 is 19.2. The van der Waals surface area contributed by atoms with E-state index in [0.29, 0.717) is 11.1 Å². The number of ether oxygens (including phenoxy) is 1. The molecule has 1 aliphatic rings. The lowest BCUT2D eigenvalue weighted by atomic mass is 10.1. The van der Waals surface area contributed by atoms with Crippen LogP contribution in [0.15, 0.2) is 42.5 Å². The van der Waals surface area contributed by atoms with Crippen LogP contribution in [-0.4, -0.2) is 18.4 Å². The predicted octanol–water partition coefficient (Wildman–Crippen LogP) is 3.03. The number of halogens is 1. The topological polar surface area (TPSA) is 46.6 Å². The summed E-state index contributed by atoms with van der Waals surface area (Å²) in [5.74, 6) is -1.63. The molecule has 3 rings (SSSR count). The van der Waals surface area contributed by atoms with E-state index >= 15 is 0 Å². The van der Waals surface area contributed by atoms with Gasteiger partial charge >= 0.3 is 0 Å². The van der Waals surface area contributed by atoms with Crippen molar-refractivity contribution >= 4 is 17.5 Å². The first-order chi connectivity index (χ1) is 10.1. The molecule has 0 unspecified atom stereocenters. The van der Waals surface area contributed by atoms with Crippen molar-refractivity contribution in [3.05, 3.63) is 59.4 Å². The number of carbonyl (C=O) groups excluding carboxylic acids is 2. The molecule has 0 fully saturated rings. The maximum Gasteiger partial charge on any atom is 0.266 e. The third-order valence-electron chi connectivity index (χ3n) is 3.27. The molecule has 21 heavy (non-hydrogen) atoms. The predicted molar refractivity (Wildman–Crippen MR) is 75.2 cm³/mol. The number of rotatable bonds is 3. The largest absolute Gasteiger partial charge is 0.489 e. The molecule has 5 heteroatoms. The quantitative estimate of drug-likeness (QED) is 0.814. The number of carbonyl (C=O) groups is 2. The fourth-order valence-corrected chi connectivity index (χ4v) is 2.37. The van der Waals surface area contributed by atoms with Crippen molar-refractivity contribution in [1.29, 1.82) is 0 Å². The van der Waals surface area contributed by atoms with Crippen LogP contribution in [0.4, 0.5) is 10.1 Å². The van der Waals surface area contributed by atoms with Crippen LogP contribution in [0.25, 0.3) is 0 Å². The molecular weight excluding hydrogens is 273 g/mol. The lowest BCUT2D eigenvalue weighted by Crippen LogP contribution is -2.30. The minimum atomic E-state index is -0.606. The highest BCUT2D eigenvalue weighted by Crippen LogP contribution is 2.36. The average Bonchev–Trinajstić information content (AvgIpc) is 2.74. The second kappa shape index (κ2) is 5.01. The van der Waals surface area contributed by atoms with E-state index in [1.165, 1.54) is 18.2 Å². The molecule has 0 aliphatic carbocycles. The van der Waals surface area contributed by atoms with Gasteiger partial charge in [0.2, 0.25) is 0 Å². The summed E-state index contributed by atoms with van der Waals surface area (Å²) in [6.45, 7) is 1.94. The Balaban J connectivity index is 2.13. The zero-order valence-electron chi connectivity index (χ0n) is 11.3. The van der Waals surface area contributed by atoms with E-state index in [9.17, 15) is 14.0 Å². The summed E-state index contributed by atoms with van der Waals surface area (Å²) in [4.78, 5) is 25.8. The van der Waals surface area contributed by atoms with E-state index in [0.717, 1.165) is 4.90 Å². The molecule has 2 amide bonds. The molecule has 0 atom stereocenters. The second-order valence-corrected chi connectivity index (χ2v) is 4.51. The average molecular weight is 285 g/mol. The first kappa shape index (κ1) is 13.3. The smallest absolute Gasteiger partial charge is 0.266 e. The van der Waals surface area contributed by atoms with Crippen molar-refractivity contribution in [1.82, 2.24) is 0 Å². The van der Waals surface area contributed by atoms with Crippen molar-refractivity contribution in [2.24, 2.45) is 0 Å². The van der Waals surface area contributed by atoms with Crippen LogP contribution in [0.3, 0.4) is 0 Å². The maximum atomic E-state index is 13.9. The molecule has 2 aromatic carbocycles. The van der Waals surface area contributed by atoms with Crippen LogP contribution in [-0.2, 0) is 0 Å². The van der Waals surface area contributed by atoms with E-state index in [1.807, 2.05) is 0 Å². The minimum absolute atomic E-state index is 0.0884. The summed E-state index contributed by atoms with van der Waals surface area (Å²) in [5, 5.41) is 0. The highest BCUT2D eigenvalue weighted by atomic mass is 19.1. The molecular formula is C16H12FNO3. The molecule has 2 aromatic rings. The summed E-state index contributed by atoms with van der Waals surface area (Å²) in [7, 11) is 0. The fourth-order valence-electron chi connectivity index (χ4n) is 2.37. The van der Waals surface area contributed by atoms with Crippen LogP contribution < -0.4 is 9.64 Å². The van der Waals surface area contributed by atoms with Crippen LogP contribution in [0, 0.1) is 5.82 Å². The van der Waals surface area contributed by atoms with Gasteiger partial charge in [0.05, 0.1) is 23.4 Å². The number of anilines is 1. The van der Waals surface area contributed by atoms with Crippen LogP contribution >= 0.6 is 0 Å². The Labute approximate surface area is 120 Å². The van der Waals surface area contributed by atoms with Crippen LogP contribution in [0.1, 0.15) is 27.6 Å². The van der Waals surface area contributed by atoms with Gasteiger partial charge in [0.1, 0.15) is 0 Å². The first-order valence-electron chi connectivity index (χ1n) is 6.54. The van der Waals surface area contributed by atoms with Gasteiger partial charge in [-0.15, -0.1) is 0 Å². The lowest BCUT2D eigenvalue weighted by molar-refractivity contribution is 0.0924. The number of hydrogen-bond donors (Lipinski definition) is 0. The molecule has 0 saturated carbocycles. The molecule has 4 nitrogen and oxygen atoms in total. The summed E-state index contributed by atoms with van der Waals surface area (Å²) in [6.07, 6.45) is 0. The zero-order valence-corrected chi connectivity index (χ0v) is 11.3. The van der Waals surface area contributed by atoms with E-state index in [1.54, 1.807) is 31.2 Å². The first-order valence-corrected chi connectivity index (χ1v) is 6.54. The molecule has 0 spiro atoms. The van der Waals surface area contributed by atoms with Crippen molar-refractivity contribution in [3.63, 3.8) is 0 Å². The number of hydrogen-bond acceptors (Lipinski definition) is 3. The van der Waals surface area contributed by atoms with Gasteiger partial charge in [-0.25, -0.2) is 9.29 Å². The van der Waals surface area contributed by atoms with Gasteiger partial charge in [-0.3, -0.25) is 9.59 Å². The highest BCUT2D eigenvalue weighted by molar-refractivity contribution is 6.34. The number of para-hydroxylation sites is 1. The van der Waals surface area contributed by atoms with E-state index in [-0.39, 0.29) is 18.0 Å². The molecule has 0 saturated heterocycles. The van der Waals surface area contributed by atoms with Gasteiger partial charge in [0, 0.05) is 0 Å². The number of fused-ring (bicyclic) bond motifs is 1. The number of nitrogens with zero attached hydrogens (tertiary/aromatic N) is 1. The highest BCUT2D eigenvalue weighted by Gasteiger charge is 2.38. The maximum absolute atomic E-state index is 13.9. The Bertz CT molecular complexity index is 707. The second-order valence-electron chi connectivity index (χ2n) is 4.51. The molecule has 1 heterocycles. The Morgan fingerprint density at radius 3 is 2.19 bits per heavy atom. The third-order valence-corrected chi connectivity index (χ3v) is 3.27. The van der Waals surface area contributed by atoms with Gasteiger partial charge in [-0.2, -0.15) is 0 Å². The van der Waals surface area contributed by atoms with E-state index in [4.69, 9.17) is 4.74 Å². The molecule has 1 aliphatic heterocycles. The minimum Gasteiger partial charge on any atom is -0.489 e. The van der Waals surface area contributed by atoms with Gasteiger partial charge in [0.15, 0.2) is 11.6 Å². The SMILES string of the molecule is CCOc1c(F)cccc1N1C(=O)c2ccccc2C1=O. The van der Waals surface area contributed by atoms with Crippen molar-refractivity contribution in [3.8, 4) is 5.75 Å². The molecule has 0 radical (unpaired) electrons. The number of imide groups is 1. The monoisotopic (exact) mass is 285 g/mol. The standard InChI is InChI=1S/C16H12FNO3/c1-2-21-14-12(17)8-5-9-13(14)18-15(19)10-6-3-4-7-11(10)16(18)20/h3-9H,2H2,1H3. The summed E-state index contributed by atoms with van der Waals surface area (Å²) >= 11 is 0. The van der Waals surface area contributed by atoms with Gasteiger partial charge in [-0.1, -0.05) is 18.2 Å². The zero-order chi connectivity index (χ0) is 15.0. The molecule has 106 valence electrons. The molecule has 0 bridgehead atoms. The Hall–Kier alpha value is -2.69.